The van der Waals surface area contributed by atoms with E-state index in [9.17, 15) is 0 Å². The Hall–Kier alpha value is -1.04. The quantitative estimate of drug-likeness (QED) is 0.0826. The van der Waals surface area contributed by atoms with Gasteiger partial charge in [-0.15, -0.1) is 0 Å². The van der Waals surface area contributed by atoms with E-state index in [-0.39, 0.29) is 10.8 Å². The number of hydrogen-bond donors (Lipinski definition) is 0. The van der Waals surface area contributed by atoms with E-state index < -0.39 is 11.4 Å². The van der Waals surface area contributed by atoms with Gasteiger partial charge in [-0.25, -0.2) is 9.09 Å². The summed E-state index contributed by atoms with van der Waals surface area (Å²) >= 11 is 2.40. The molecule has 0 N–H and O–H groups in total. The van der Waals surface area contributed by atoms with Crippen molar-refractivity contribution in [1.82, 2.24) is 0 Å². The number of phosphoric acid groups is 1. The van der Waals surface area contributed by atoms with Crippen LogP contribution in [-0.2, 0) is 32.8 Å². The lowest BCUT2D eigenvalue weighted by Gasteiger charge is -2.40. The van der Waals surface area contributed by atoms with Crippen molar-refractivity contribution in [3.05, 3.63) is 57.6 Å². The predicted octanol–water partition coefficient (Wildman–Crippen LogP) is 14.4. The maximum Gasteiger partial charge on any atom is 0.588 e. The summed E-state index contributed by atoms with van der Waals surface area (Å²) in [5, 5.41) is 0. The van der Waals surface area contributed by atoms with Gasteiger partial charge in [0.1, 0.15) is 15.1 Å². The van der Waals surface area contributed by atoms with Gasteiger partial charge in [-0.05, 0) is 108 Å². The van der Waals surface area contributed by atoms with Gasteiger partial charge in [0.25, 0.3) is 0 Å². The Morgan fingerprint density at radius 2 is 1.33 bits per heavy atom. The summed E-state index contributed by atoms with van der Waals surface area (Å²) in [6.45, 7) is 16.1. The molecule has 0 amide bonds. The van der Waals surface area contributed by atoms with Crippen LogP contribution in [0.15, 0.2) is 24.3 Å². The molecule has 2 unspecified atom stereocenters. The minimum atomic E-state index is -4.13. The molecule has 2 aromatic rings. The zero-order valence-corrected chi connectivity index (χ0v) is 35.0. The minimum Gasteiger partial charge on any atom is -0.394 e. The molecule has 2 aromatic carbocycles. The standard InChI is InChI=1S/C43H66IO4P/c1-8-11-14-19-32(4)26-34-29-36-31-35-27-33(5)28-37(41(6)22-15-12-16-23-41)39(35)46-49(45,48-43(44,20-9-2)21-10-3)47-40(36)38(30-34)42(7)24-17-13-18-25-42/h27-30,32H,8-26,31H2,1-7H3. The largest absolute Gasteiger partial charge is 0.588 e. The first-order valence-electron chi connectivity index (χ1n) is 20.0. The van der Waals surface area contributed by atoms with Crippen LogP contribution in [-0.4, -0.2) is 3.61 Å². The number of aryl methyl sites for hydroxylation is 1. The Kier molecular flexibility index (Phi) is 13.4. The van der Waals surface area contributed by atoms with Crippen molar-refractivity contribution in [3.63, 3.8) is 0 Å². The fourth-order valence-corrected chi connectivity index (χ4v) is 12.6. The summed E-state index contributed by atoms with van der Waals surface area (Å²) in [4.78, 5) is 0. The van der Waals surface area contributed by atoms with Gasteiger partial charge in [-0.3, -0.25) is 0 Å². The molecule has 3 aliphatic rings. The van der Waals surface area contributed by atoms with Crippen molar-refractivity contribution < 1.29 is 18.1 Å². The highest BCUT2D eigenvalue weighted by Gasteiger charge is 2.46. The van der Waals surface area contributed by atoms with Crippen molar-refractivity contribution in [1.29, 1.82) is 0 Å². The molecule has 0 aromatic heterocycles. The second-order valence-electron chi connectivity index (χ2n) is 16.8. The van der Waals surface area contributed by atoms with Crippen LogP contribution in [0.25, 0.3) is 0 Å². The van der Waals surface area contributed by atoms with Crippen molar-refractivity contribution in [2.75, 3.05) is 0 Å². The first-order chi connectivity index (χ1) is 23.3. The monoisotopic (exact) mass is 804 g/mol. The van der Waals surface area contributed by atoms with E-state index >= 15 is 4.57 Å². The lowest BCUT2D eigenvalue weighted by Crippen LogP contribution is -2.30. The van der Waals surface area contributed by atoms with E-state index in [0.29, 0.717) is 12.3 Å². The Labute approximate surface area is 313 Å². The third-order valence-electron chi connectivity index (χ3n) is 11.9. The molecule has 6 heteroatoms. The zero-order chi connectivity index (χ0) is 35.3. The lowest BCUT2D eigenvalue weighted by molar-refractivity contribution is 0.111. The van der Waals surface area contributed by atoms with E-state index in [1.807, 2.05) is 0 Å². The molecule has 5 rings (SSSR count). The van der Waals surface area contributed by atoms with E-state index in [4.69, 9.17) is 13.6 Å². The molecule has 0 spiro atoms. The van der Waals surface area contributed by atoms with Gasteiger partial charge in [-0.1, -0.05) is 148 Å². The van der Waals surface area contributed by atoms with Crippen LogP contribution in [0.5, 0.6) is 11.5 Å². The topological polar surface area (TPSA) is 44.8 Å². The summed E-state index contributed by atoms with van der Waals surface area (Å²) in [6.07, 6.45) is 22.1. The number of fused-ring (bicyclic) bond motifs is 2. The second kappa shape index (κ2) is 16.7. The number of rotatable bonds is 14. The summed E-state index contributed by atoms with van der Waals surface area (Å²) < 4.78 is 35.7. The highest BCUT2D eigenvalue weighted by atomic mass is 127. The Morgan fingerprint density at radius 3 is 1.86 bits per heavy atom. The van der Waals surface area contributed by atoms with Crippen LogP contribution in [0.2, 0.25) is 0 Å². The van der Waals surface area contributed by atoms with Crippen molar-refractivity contribution in [2.45, 2.75) is 191 Å². The number of benzene rings is 2. The molecule has 2 aliphatic carbocycles. The maximum absolute atomic E-state index is 15.6. The Balaban J connectivity index is 1.72. The van der Waals surface area contributed by atoms with E-state index in [2.05, 4.69) is 95.3 Å². The van der Waals surface area contributed by atoms with Crippen molar-refractivity contribution in [3.8, 4) is 11.5 Å². The number of hydrogen-bond acceptors (Lipinski definition) is 4. The van der Waals surface area contributed by atoms with E-state index in [1.54, 1.807) is 0 Å². The molecule has 1 aliphatic heterocycles. The van der Waals surface area contributed by atoms with Crippen LogP contribution >= 0.6 is 30.4 Å². The molecule has 274 valence electrons. The van der Waals surface area contributed by atoms with Gasteiger partial charge in [-0.2, -0.15) is 0 Å². The smallest absolute Gasteiger partial charge is 0.394 e. The third kappa shape index (κ3) is 9.50. The normalized spacial score (nSPS) is 22.5. The molecular formula is C43H66IO4P. The molecule has 0 saturated heterocycles. The molecule has 49 heavy (non-hydrogen) atoms. The maximum atomic E-state index is 15.6. The number of unbranched alkanes of at least 4 members (excludes halogenated alkanes) is 2. The number of halogens is 1. The highest BCUT2D eigenvalue weighted by Crippen LogP contribution is 2.61. The molecule has 0 radical (unpaired) electrons. The van der Waals surface area contributed by atoms with Crippen LogP contribution in [0, 0.1) is 12.8 Å². The SMILES string of the molecule is CCCCCC(C)Cc1cc2c(c(C3(C)CCCCC3)c1)OP(=O)(OC(I)(CCC)CCC)Oc1c(cc(C)cc1C1(C)CCCCC1)C2. The first-order valence-corrected chi connectivity index (χ1v) is 22.6. The highest BCUT2D eigenvalue weighted by molar-refractivity contribution is 14.1. The van der Waals surface area contributed by atoms with Crippen LogP contribution in [0.3, 0.4) is 0 Å². The van der Waals surface area contributed by atoms with Gasteiger partial charge < -0.3 is 9.05 Å². The van der Waals surface area contributed by atoms with Crippen molar-refractivity contribution in [2.24, 2.45) is 5.92 Å². The van der Waals surface area contributed by atoms with Gasteiger partial charge in [0.05, 0.1) is 0 Å². The molecule has 2 saturated carbocycles. The predicted molar refractivity (Wildman–Crippen MR) is 215 cm³/mol. The zero-order valence-electron chi connectivity index (χ0n) is 32.0. The van der Waals surface area contributed by atoms with Crippen LogP contribution in [0.1, 0.15) is 190 Å². The molecule has 0 bridgehead atoms. The minimum absolute atomic E-state index is 0.0357. The molecular weight excluding hydrogens is 738 g/mol. The molecule has 2 fully saturated rings. The van der Waals surface area contributed by atoms with Gasteiger partial charge in [0.15, 0.2) is 0 Å². The molecule has 2 atom stereocenters. The number of phosphoric ester groups is 1. The average molecular weight is 805 g/mol. The second-order valence-corrected chi connectivity index (χ2v) is 20.2. The average Bonchev–Trinajstić information content (AvgIpc) is 3.03. The molecule has 4 nitrogen and oxygen atoms in total. The van der Waals surface area contributed by atoms with Crippen LogP contribution < -0.4 is 9.05 Å². The summed E-state index contributed by atoms with van der Waals surface area (Å²) in [5.41, 5.74) is 7.21. The first kappa shape index (κ1) is 39.2. The Morgan fingerprint density at radius 1 is 0.796 bits per heavy atom. The summed E-state index contributed by atoms with van der Waals surface area (Å²) in [5.74, 6) is 2.12. The Bertz CT molecular complexity index is 1450. The summed E-state index contributed by atoms with van der Waals surface area (Å²) in [6, 6.07) is 9.39. The van der Waals surface area contributed by atoms with Gasteiger partial charge in [0.2, 0.25) is 0 Å². The molecule has 1 heterocycles. The van der Waals surface area contributed by atoms with Crippen molar-refractivity contribution >= 4 is 30.4 Å². The number of alkyl halides is 1. The van der Waals surface area contributed by atoms with Gasteiger partial charge in [0, 0.05) is 17.5 Å². The fourth-order valence-electron chi connectivity index (χ4n) is 9.19. The van der Waals surface area contributed by atoms with Gasteiger partial charge >= 0.3 is 7.82 Å². The van der Waals surface area contributed by atoms with E-state index in [0.717, 1.165) is 80.4 Å². The fraction of sp³-hybridized carbons (Fsp3) is 0.721. The van der Waals surface area contributed by atoms with Crippen LogP contribution in [0.4, 0.5) is 0 Å². The lowest BCUT2D eigenvalue weighted by atomic mass is 9.69. The van der Waals surface area contributed by atoms with E-state index in [1.165, 1.54) is 86.5 Å². The summed E-state index contributed by atoms with van der Waals surface area (Å²) in [7, 11) is -4.13. The third-order valence-corrected chi connectivity index (χ3v) is 15.0.